The lowest BCUT2D eigenvalue weighted by Gasteiger charge is -2.16. The van der Waals surface area contributed by atoms with Gasteiger partial charge in [0.25, 0.3) is 5.91 Å². The van der Waals surface area contributed by atoms with Crippen LogP contribution in [0.4, 0.5) is 10.2 Å². The molecule has 10 heteroatoms. The van der Waals surface area contributed by atoms with Gasteiger partial charge in [-0.25, -0.2) is 9.18 Å². The van der Waals surface area contributed by atoms with Crippen LogP contribution in [0.5, 0.6) is 0 Å². The van der Waals surface area contributed by atoms with E-state index in [1.165, 1.54) is 24.5 Å². The van der Waals surface area contributed by atoms with E-state index in [1.54, 1.807) is 6.07 Å². The standard InChI is InChI=1S/C16H17FN4O5/c1-8-2-3-9(18-6-8)14(24)19-11-4-5-21(16(25)20-11)15-12(17)13(23)10(7-22)26-15/h2-6,10,12-13,15,22-23H,7H2,1H3,(H,19,20,24,25)/t10-,12-,13-,15-/m1/s1. The Morgan fingerprint density at radius 2 is 2.19 bits per heavy atom. The van der Waals surface area contributed by atoms with Crippen LogP contribution >= 0.6 is 0 Å². The van der Waals surface area contributed by atoms with Gasteiger partial charge in [-0.05, 0) is 24.6 Å². The zero-order chi connectivity index (χ0) is 18.8. The van der Waals surface area contributed by atoms with Gasteiger partial charge >= 0.3 is 5.69 Å². The predicted molar refractivity (Wildman–Crippen MR) is 87.3 cm³/mol. The molecule has 1 fully saturated rings. The van der Waals surface area contributed by atoms with Crippen LogP contribution in [-0.2, 0) is 4.74 Å². The largest absolute Gasteiger partial charge is 0.394 e. The third kappa shape index (κ3) is 3.47. The Balaban J connectivity index is 1.77. The van der Waals surface area contributed by atoms with Gasteiger partial charge in [-0.3, -0.25) is 14.3 Å². The van der Waals surface area contributed by atoms with Gasteiger partial charge in [0.05, 0.1) is 6.61 Å². The SMILES string of the molecule is Cc1ccc(C(=O)Nc2ccn([C@@H]3O[C@H](CO)[C@@H](O)[C@H]3F)c(=O)n2)nc1. The highest BCUT2D eigenvalue weighted by atomic mass is 19.1. The Labute approximate surface area is 147 Å². The lowest BCUT2D eigenvalue weighted by molar-refractivity contribution is -0.0490. The highest BCUT2D eigenvalue weighted by Gasteiger charge is 2.45. The molecule has 0 radical (unpaired) electrons. The number of nitrogens with zero attached hydrogens (tertiary/aromatic N) is 3. The second-order valence-corrected chi connectivity index (χ2v) is 5.86. The first-order chi connectivity index (χ1) is 12.4. The van der Waals surface area contributed by atoms with Crippen LogP contribution in [0.2, 0.25) is 0 Å². The van der Waals surface area contributed by atoms with Crippen LogP contribution in [0.25, 0.3) is 0 Å². The van der Waals surface area contributed by atoms with E-state index in [2.05, 4.69) is 15.3 Å². The molecule has 26 heavy (non-hydrogen) atoms. The molecule has 1 aliphatic rings. The minimum absolute atomic E-state index is 0.0358. The maximum atomic E-state index is 14.1. The molecule has 1 aliphatic heterocycles. The summed E-state index contributed by atoms with van der Waals surface area (Å²) in [5, 5.41) is 21.1. The Kier molecular flexibility index (Phi) is 5.07. The third-order valence-corrected chi connectivity index (χ3v) is 3.96. The Morgan fingerprint density at radius 1 is 1.42 bits per heavy atom. The highest BCUT2D eigenvalue weighted by Crippen LogP contribution is 2.30. The van der Waals surface area contributed by atoms with Gasteiger partial charge in [0.15, 0.2) is 12.4 Å². The van der Waals surface area contributed by atoms with Crippen LogP contribution < -0.4 is 11.0 Å². The molecular weight excluding hydrogens is 347 g/mol. The number of amides is 1. The zero-order valence-electron chi connectivity index (χ0n) is 13.7. The molecule has 1 saturated heterocycles. The molecular formula is C16H17FN4O5. The van der Waals surface area contributed by atoms with E-state index in [9.17, 15) is 19.1 Å². The first-order valence-corrected chi connectivity index (χ1v) is 7.82. The molecule has 0 spiro atoms. The number of alkyl halides is 1. The summed E-state index contributed by atoms with van der Waals surface area (Å²) in [4.78, 5) is 31.9. The van der Waals surface area contributed by atoms with Crippen molar-refractivity contribution in [2.45, 2.75) is 31.5 Å². The molecule has 4 atom stereocenters. The summed E-state index contributed by atoms with van der Waals surface area (Å²) < 4.78 is 20.1. The van der Waals surface area contributed by atoms with Crippen LogP contribution in [0, 0.1) is 6.92 Å². The molecule has 0 aliphatic carbocycles. The van der Waals surface area contributed by atoms with Crippen molar-refractivity contribution >= 4 is 11.7 Å². The van der Waals surface area contributed by atoms with Crippen molar-refractivity contribution < 1.29 is 24.1 Å². The average Bonchev–Trinajstić information content (AvgIpc) is 2.90. The van der Waals surface area contributed by atoms with Crippen LogP contribution in [0.15, 0.2) is 35.4 Å². The van der Waals surface area contributed by atoms with Gasteiger partial charge in [-0.1, -0.05) is 6.07 Å². The first kappa shape index (κ1) is 18.1. The number of aliphatic hydroxyl groups excluding tert-OH is 2. The maximum Gasteiger partial charge on any atom is 0.351 e. The molecule has 0 saturated carbocycles. The van der Waals surface area contributed by atoms with E-state index in [-0.39, 0.29) is 11.5 Å². The summed E-state index contributed by atoms with van der Waals surface area (Å²) in [6.07, 6.45) is -3.27. The van der Waals surface area contributed by atoms with Gasteiger partial charge in [0.1, 0.15) is 23.7 Å². The summed E-state index contributed by atoms with van der Waals surface area (Å²) in [7, 11) is 0. The van der Waals surface area contributed by atoms with E-state index in [0.29, 0.717) is 0 Å². The number of nitrogens with one attached hydrogen (secondary N) is 1. The summed E-state index contributed by atoms with van der Waals surface area (Å²) in [5.74, 6) is -0.586. The Hall–Kier alpha value is -2.69. The third-order valence-electron chi connectivity index (χ3n) is 3.96. The minimum Gasteiger partial charge on any atom is -0.394 e. The van der Waals surface area contributed by atoms with Crippen molar-refractivity contribution in [3.8, 4) is 0 Å². The van der Waals surface area contributed by atoms with E-state index < -0.39 is 42.8 Å². The second kappa shape index (κ2) is 7.28. The molecule has 3 rings (SSSR count). The fraction of sp³-hybridized carbons (Fsp3) is 0.375. The van der Waals surface area contributed by atoms with Gasteiger partial charge < -0.3 is 20.3 Å². The fourth-order valence-corrected chi connectivity index (χ4v) is 2.54. The molecule has 2 aromatic heterocycles. The molecule has 2 aromatic rings. The number of hydrogen-bond donors (Lipinski definition) is 3. The number of hydrogen-bond acceptors (Lipinski definition) is 7. The smallest absolute Gasteiger partial charge is 0.351 e. The quantitative estimate of drug-likeness (QED) is 0.685. The lowest BCUT2D eigenvalue weighted by atomic mass is 10.1. The number of aromatic nitrogens is 3. The minimum atomic E-state index is -1.90. The molecule has 0 bridgehead atoms. The molecule has 3 heterocycles. The Morgan fingerprint density at radius 3 is 2.77 bits per heavy atom. The number of rotatable bonds is 4. The normalized spacial score (nSPS) is 25.2. The van der Waals surface area contributed by atoms with Crippen molar-refractivity contribution in [1.29, 1.82) is 0 Å². The summed E-state index contributed by atoms with van der Waals surface area (Å²) in [5.41, 5.74) is 0.166. The number of aliphatic hydroxyl groups is 2. The molecule has 0 unspecified atom stereocenters. The molecule has 3 N–H and O–H groups in total. The van der Waals surface area contributed by atoms with Gasteiger partial charge in [-0.15, -0.1) is 0 Å². The fourth-order valence-electron chi connectivity index (χ4n) is 2.54. The van der Waals surface area contributed by atoms with Crippen molar-refractivity contribution in [1.82, 2.24) is 14.5 Å². The highest BCUT2D eigenvalue weighted by molar-refractivity contribution is 6.02. The van der Waals surface area contributed by atoms with Gasteiger partial charge in [0.2, 0.25) is 0 Å². The van der Waals surface area contributed by atoms with Gasteiger partial charge in [0, 0.05) is 12.4 Å². The summed E-state index contributed by atoms with van der Waals surface area (Å²) in [6, 6.07) is 4.54. The number of halogens is 1. The topological polar surface area (TPSA) is 127 Å². The second-order valence-electron chi connectivity index (χ2n) is 5.86. The maximum absolute atomic E-state index is 14.1. The Bertz CT molecular complexity index is 856. The monoisotopic (exact) mass is 364 g/mol. The molecule has 138 valence electrons. The molecule has 1 amide bonds. The van der Waals surface area contributed by atoms with Crippen molar-refractivity contribution in [2.75, 3.05) is 11.9 Å². The summed E-state index contributed by atoms with van der Waals surface area (Å²) in [6.45, 7) is 1.25. The van der Waals surface area contributed by atoms with E-state index in [4.69, 9.17) is 9.84 Å². The number of anilines is 1. The van der Waals surface area contributed by atoms with Crippen molar-refractivity contribution in [2.24, 2.45) is 0 Å². The first-order valence-electron chi connectivity index (χ1n) is 7.82. The van der Waals surface area contributed by atoms with Crippen LogP contribution in [0.1, 0.15) is 22.3 Å². The van der Waals surface area contributed by atoms with E-state index in [0.717, 1.165) is 10.1 Å². The van der Waals surface area contributed by atoms with Crippen LogP contribution in [-0.4, -0.2) is 55.6 Å². The number of aryl methyl sites for hydroxylation is 1. The van der Waals surface area contributed by atoms with Crippen LogP contribution in [0.3, 0.4) is 0 Å². The zero-order valence-corrected chi connectivity index (χ0v) is 13.7. The predicted octanol–water partition coefficient (Wildman–Crippen LogP) is -0.212. The number of pyridine rings is 1. The number of carbonyl (C=O) groups excluding carboxylic acids is 1. The average molecular weight is 364 g/mol. The van der Waals surface area contributed by atoms with E-state index >= 15 is 0 Å². The number of ether oxygens (including phenoxy) is 1. The summed E-state index contributed by atoms with van der Waals surface area (Å²) >= 11 is 0. The molecule has 9 nitrogen and oxygen atoms in total. The number of carbonyl (C=O) groups is 1. The van der Waals surface area contributed by atoms with E-state index in [1.807, 2.05) is 6.92 Å². The molecule has 0 aromatic carbocycles. The lowest BCUT2D eigenvalue weighted by Crippen LogP contribution is -2.33. The van der Waals surface area contributed by atoms with Gasteiger partial charge in [-0.2, -0.15) is 4.98 Å². The van der Waals surface area contributed by atoms with Crippen molar-refractivity contribution in [3.05, 3.63) is 52.3 Å². The van der Waals surface area contributed by atoms with Crippen molar-refractivity contribution in [3.63, 3.8) is 0 Å².